The van der Waals surface area contributed by atoms with Crippen molar-refractivity contribution in [2.75, 3.05) is 43.4 Å². The molecule has 5 heterocycles. The highest BCUT2D eigenvalue weighted by Crippen LogP contribution is 2.44. The zero-order valence-corrected chi connectivity index (χ0v) is 24.7. The van der Waals surface area contributed by atoms with Gasteiger partial charge in [0, 0.05) is 54.3 Å². The molecule has 0 unspecified atom stereocenters. The number of halogens is 6. The van der Waals surface area contributed by atoms with E-state index in [1.807, 2.05) is 5.92 Å². The van der Waals surface area contributed by atoms with Crippen LogP contribution < -0.4 is 15.4 Å². The standard InChI is InChI=1S/C33H28F6N6O2/c1-2-17-21-18(23(36)24(37)22(17)35)9-16(40)10-19(21)27-25(38)28-20(12-41-27)31(45-7-4-8-46-30-26(39)29(30)45)43-32(42-28)47-14-33-5-3-6-44(33)13-15(34)11-33/h1,9-10,12,15,26,29-30H,3-8,11,13-14,40H2/t15-,26+,29-,30+,33+/m1/s1/i14D2. The molecule has 3 aliphatic heterocycles. The van der Waals surface area contributed by atoms with Crippen molar-refractivity contribution in [3.8, 4) is 29.6 Å². The molecule has 4 aromatic rings. The normalized spacial score (nSPS) is 28.1. The van der Waals surface area contributed by atoms with Crippen LogP contribution >= 0.6 is 0 Å². The number of hydrogen-bond donors (Lipinski definition) is 1. The van der Waals surface area contributed by atoms with Crippen LogP contribution in [0.15, 0.2) is 18.3 Å². The number of benzene rings is 2. The van der Waals surface area contributed by atoms with Gasteiger partial charge in [0.15, 0.2) is 29.4 Å². The van der Waals surface area contributed by atoms with Gasteiger partial charge in [-0.15, -0.1) is 6.42 Å². The Kier molecular flexibility index (Phi) is 6.40. The lowest BCUT2D eigenvalue weighted by Gasteiger charge is -2.31. The monoisotopic (exact) mass is 656 g/mol. The molecule has 47 heavy (non-hydrogen) atoms. The van der Waals surface area contributed by atoms with Gasteiger partial charge < -0.3 is 20.1 Å². The Hall–Kier alpha value is -4.35. The molecular formula is C33H28F6N6O2. The fourth-order valence-corrected chi connectivity index (χ4v) is 7.36. The van der Waals surface area contributed by atoms with Crippen LogP contribution in [0.3, 0.4) is 0 Å². The number of pyridine rings is 1. The molecular weight excluding hydrogens is 626 g/mol. The third-order valence-electron chi connectivity index (χ3n) is 9.55. The largest absolute Gasteiger partial charge is 0.461 e. The summed E-state index contributed by atoms with van der Waals surface area (Å²) in [6.45, 7) is -1.55. The first-order valence-electron chi connectivity index (χ1n) is 16.2. The number of anilines is 2. The third kappa shape index (κ3) is 4.57. The molecule has 0 amide bonds. The van der Waals surface area contributed by atoms with E-state index >= 15 is 8.78 Å². The van der Waals surface area contributed by atoms with Crippen molar-refractivity contribution in [2.24, 2.45) is 0 Å². The Labute approximate surface area is 267 Å². The second kappa shape index (κ2) is 10.8. The zero-order valence-electron chi connectivity index (χ0n) is 26.7. The molecule has 8 nitrogen and oxygen atoms in total. The second-order valence-electron chi connectivity index (χ2n) is 12.4. The molecule has 8 rings (SSSR count). The first kappa shape index (κ1) is 27.7. The fourth-order valence-electron chi connectivity index (χ4n) is 7.36. The number of nitrogens with zero attached hydrogens (tertiary/aromatic N) is 5. The summed E-state index contributed by atoms with van der Waals surface area (Å²) in [5.41, 5.74) is 2.59. The Morgan fingerprint density at radius 3 is 2.72 bits per heavy atom. The summed E-state index contributed by atoms with van der Waals surface area (Å²) in [7, 11) is 0. The van der Waals surface area contributed by atoms with E-state index in [2.05, 4.69) is 15.0 Å². The van der Waals surface area contributed by atoms with Crippen LogP contribution in [0.5, 0.6) is 6.01 Å². The minimum absolute atomic E-state index is 0.00644. The number of ether oxygens (including phenoxy) is 2. The van der Waals surface area contributed by atoms with E-state index in [0.29, 0.717) is 25.8 Å². The summed E-state index contributed by atoms with van der Waals surface area (Å²) < 4.78 is 120. The van der Waals surface area contributed by atoms with E-state index in [-0.39, 0.29) is 54.0 Å². The topological polar surface area (TPSA) is 89.6 Å². The second-order valence-corrected chi connectivity index (χ2v) is 12.4. The molecule has 2 aromatic heterocycles. The van der Waals surface area contributed by atoms with Gasteiger partial charge in [-0.2, -0.15) is 9.97 Å². The quantitative estimate of drug-likeness (QED) is 0.135. The lowest BCUT2D eigenvalue weighted by molar-refractivity contribution is 0.105. The highest BCUT2D eigenvalue weighted by atomic mass is 19.2. The Balaban J connectivity index is 1.34. The molecule has 3 saturated heterocycles. The van der Waals surface area contributed by atoms with Crippen LogP contribution in [-0.4, -0.2) is 82.7 Å². The van der Waals surface area contributed by atoms with E-state index in [9.17, 15) is 17.6 Å². The minimum Gasteiger partial charge on any atom is -0.461 e. The first-order chi connectivity index (χ1) is 23.4. The van der Waals surface area contributed by atoms with Crippen molar-refractivity contribution in [1.29, 1.82) is 0 Å². The summed E-state index contributed by atoms with van der Waals surface area (Å²) in [5, 5.41) is -0.882. The fraction of sp³-hybridized carbons (Fsp3) is 0.424. The lowest BCUT2D eigenvalue weighted by atomic mass is 9.94. The maximum absolute atomic E-state index is 16.9. The third-order valence-corrected chi connectivity index (χ3v) is 9.55. The van der Waals surface area contributed by atoms with Crippen LogP contribution in [-0.2, 0) is 4.74 Å². The molecule has 4 aliphatic rings. The van der Waals surface area contributed by atoms with Gasteiger partial charge in [-0.1, -0.05) is 5.92 Å². The molecule has 0 spiro atoms. The highest BCUT2D eigenvalue weighted by molar-refractivity contribution is 6.04. The van der Waals surface area contributed by atoms with Gasteiger partial charge in [-0.25, -0.2) is 26.3 Å². The van der Waals surface area contributed by atoms with Crippen LogP contribution in [0.1, 0.15) is 34.0 Å². The predicted molar refractivity (Wildman–Crippen MR) is 161 cm³/mol. The zero-order chi connectivity index (χ0) is 34.6. The average Bonchev–Trinajstić information content (AvgIpc) is 3.42. The maximum Gasteiger partial charge on any atom is 0.319 e. The molecule has 0 radical (unpaired) electrons. The Bertz CT molecular complexity index is 2100. The van der Waals surface area contributed by atoms with Gasteiger partial charge in [-0.05, 0) is 37.9 Å². The van der Waals surface area contributed by atoms with Crippen molar-refractivity contribution < 1.29 is 38.6 Å². The summed E-state index contributed by atoms with van der Waals surface area (Å²) >= 11 is 0. The molecule has 1 aliphatic carbocycles. The number of nitrogen functional groups attached to an aromatic ring is 1. The number of aromatic nitrogens is 3. The molecule has 0 bridgehead atoms. The highest BCUT2D eigenvalue weighted by Gasteiger charge is 2.58. The molecule has 1 saturated carbocycles. The molecule has 244 valence electrons. The molecule has 2 N–H and O–H groups in total. The van der Waals surface area contributed by atoms with E-state index in [1.54, 1.807) is 9.80 Å². The van der Waals surface area contributed by atoms with E-state index in [1.165, 1.54) is 12.3 Å². The summed E-state index contributed by atoms with van der Waals surface area (Å²) in [6, 6.07) is 0.815. The smallest absolute Gasteiger partial charge is 0.319 e. The van der Waals surface area contributed by atoms with Gasteiger partial charge in [0.25, 0.3) is 0 Å². The molecule has 14 heteroatoms. The molecule has 5 atom stereocenters. The van der Waals surface area contributed by atoms with Gasteiger partial charge in [0.1, 0.15) is 35.9 Å². The van der Waals surface area contributed by atoms with E-state index in [0.717, 1.165) is 6.07 Å². The van der Waals surface area contributed by atoms with E-state index in [4.69, 9.17) is 24.4 Å². The van der Waals surface area contributed by atoms with Crippen molar-refractivity contribution in [2.45, 2.75) is 55.7 Å². The minimum atomic E-state index is -2.54. The van der Waals surface area contributed by atoms with Gasteiger partial charge >= 0.3 is 6.01 Å². The van der Waals surface area contributed by atoms with Crippen molar-refractivity contribution in [3.05, 3.63) is 47.2 Å². The summed E-state index contributed by atoms with van der Waals surface area (Å²) in [5.74, 6) is -4.24. The molecule has 2 aromatic carbocycles. The maximum atomic E-state index is 16.9. The average molecular weight is 657 g/mol. The SMILES string of the molecule is [2H]C([2H])(Oc1nc(N2CCCO[C@H]3[C@@H](F)[C@H]32)c2cnc(-c3cc(N)cc4c(F)c(F)c(F)c(C#C)c34)c(F)c2n1)[C@@]12CCCN1C[C@H](F)C2. The van der Waals surface area contributed by atoms with E-state index < -0.39 is 88.0 Å². The number of terminal acetylenes is 1. The number of nitrogens with two attached hydrogens (primary N) is 1. The molecule has 4 fully saturated rings. The predicted octanol–water partition coefficient (Wildman–Crippen LogP) is 5.24. The Morgan fingerprint density at radius 2 is 1.91 bits per heavy atom. The van der Waals surface area contributed by atoms with Crippen LogP contribution in [0.25, 0.3) is 32.9 Å². The Morgan fingerprint density at radius 1 is 1.09 bits per heavy atom. The van der Waals surface area contributed by atoms with Gasteiger partial charge in [-0.3, -0.25) is 9.88 Å². The summed E-state index contributed by atoms with van der Waals surface area (Å²) in [6.07, 6.45) is 4.49. The number of hydrogen-bond acceptors (Lipinski definition) is 8. The van der Waals surface area contributed by atoms with Crippen LogP contribution in [0.4, 0.5) is 37.8 Å². The van der Waals surface area contributed by atoms with Crippen molar-refractivity contribution in [1.82, 2.24) is 19.9 Å². The lowest BCUT2D eigenvalue weighted by Crippen LogP contribution is -2.43. The first-order valence-corrected chi connectivity index (χ1v) is 15.2. The van der Waals surface area contributed by atoms with Crippen molar-refractivity contribution >= 4 is 33.2 Å². The van der Waals surface area contributed by atoms with Crippen LogP contribution in [0.2, 0.25) is 0 Å². The number of fused-ring (bicyclic) bond motifs is 4. The van der Waals surface area contributed by atoms with Crippen molar-refractivity contribution in [3.63, 3.8) is 0 Å². The van der Waals surface area contributed by atoms with Crippen LogP contribution in [0, 0.1) is 35.6 Å². The number of alkyl halides is 2. The van der Waals surface area contributed by atoms with Gasteiger partial charge in [0.05, 0.1) is 25.3 Å². The van der Waals surface area contributed by atoms with Gasteiger partial charge in [0.2, 0.25) is 0 Å². The number of rotatable bonds is 5. The summed E-state index contributed by atoms with van der Waals surface area (Å²) in [4.78, 5) is 16.2.